The third kappa shape index (κ3) is 4.85. The summed E-state index contributed by atoms with van der Waals surface area (Å²) in [7, 11) is -0.215. The molecule has 5 unspecified atom stereocenters. The average molecular weight is 882 g/mol. The third-order valence-electron chi connectivity index (χ3n) is 18.4. The van der Waals surface area contributed by atoms with Crippen LogP contribution in [-0.4, -0.2) is 12.5 Å². The Kier molecular flexibility index (Phi) is 7.94. The molecule has 2 spiro atoms. The maximum Gasteiger partial charge on any atom is 0.252 e. The molecule has 0 radical (unpaired) electrons. The summed E-state index contributed by atoms with van der Waals surface area (Å²) in [6, 6.07) is 66.5. The minimum atomic E-state index is -0.215. The Hall–Kier alpha value is -6.23. The smallest absolute Gasteiger partial charge is 0.252 e. The first-order chi connectivity index (χ1) is 32.8. The van der Waals surface area contributed by atoms with Crippen LogP contribution < -0.4 is 26.2 Å². The summed E-state index contributed by atoms with van der Waals surface area (Å²) < 4.78 is 0. The van der Waals surface area contributed by atoms with Gasteiger partial charge in [0, 0.05) is 52.4 Å². The van der Waals surface area contributed by atoms with Crippen LogP contribution in [0.1, 0.15) is 58.2 Å². The van der Waals surface area contributed by atoms with Gasteiger partial charge in [-0.15, -0.1) is 0 Å². The minimum Gasteiger partial charge on any atom is -0.311 e. The first kappa shape index (κ1) is 38.8. The van der Waals surface area contributed by atoms with Gasteiger partial charge >= 0.3 is 0 Å². The predicted octanol–water partition coefficient (Wildman–Crippen LogP) is 13.2. The van der Waals surface area contributed by atoms with Crippen molar-refractivity contribution >= 4 is 68.1 Å². The lowest BCUT2D eigenvalue weighted by atomic mass is 9.11. The Balaban J connectivity index is 1.04. The Morgan fingerprint density at radius 3 is 1.82 bits per heavy atom. The molecule has 0 aromatic heterocycles. The van der Waals surface area contributed by atoms with E-state index in [1.807, 2.05) is 0 Å². The van der Waals surface area contributed by atoms with Gasteiger partial charge in [0.15, 0.2) is 9.79 Å². The fourth-order valence-corrected chi connectivity index (χ4v) is 18.0. The molecule has 2 aliphatic heterocycles. The lowest BCUT2D eigenvalue weighted by molar-refractivity contribution is -0.412. The lowest BCUT2D eigenvalue weighted by Crippen LogP contribution is -2.88. The highest BCUT2D eigenvalue weighted by Gasteiger charge is 2.90. The third-order valence-corrected chi connectivity index (χ3v) is 20.7. The van der Waals surface area contributed by atoms with Crippen molar-refractivity contribution < 1.29 is 0 Å². The number of hydrogen-bond acceptors (Lipinski definition) is 2. The number of anilines is 6. The molecule has 0 amide bonds. The number of benzene rings is 8. The zero-order valence-electron chi connectivity index (χ0n) is 38.9. The molecule has 8 aromatic carbocycles. The maximum absolute atomic E-state index is 2.81. The van der Waals surface area contributed by atoms with Crippen molar-refractivity contribution in [1.82, 2.24) is 0 Å². The summed E-state index contributed by atoms with van der Waals surface area (Å²) in [5, 5.41) is 0. The van der Waals surface area contributed by atoms with Crippen molar-refractivity contribution in [2.45, 2.75) is 68.6 Å². The summed E-state index contributed by atoms with van der Waals surface area (Å²) in [6.07, 6.45) is 5.27. The summed E-state index contributed by atoms with van der Waals surface area (Å²) in [4.78, 5) is 8.25. The van der Waals surface area contributed by atoms with Gasteiger partial charge in [-0.3, -0.25) is 0 Å². The van der Waals surface area contributed by atoms with E-state index in [0.29, 0.717) is 5.41 Å². The van der Waals surface area contributed by atoms with E-state index in [0.717, 1.165) is 35.8 Å². The second-order valence-corrected chi connectivity index (χ2v) is 23.5. The first-order valence-electron chi connectivity index (χ1n) is 25.0. The van der Waals surface area contributed by atoms with Crippen molar-refractivity contribution in [1.29, 1.82) is 0 Å². The second kappa shape index (κ2) is 13.7. The summed E-state index contributed by atoms with van der Waals surface area (Å²) in [6.45, 7) is 9.25. The normalized spacial score (nSPS) is 24.9. The zero-order valence-corrected chi connectivity index (χ0v) is 39.7. The van der Waals surface area contributed by atoms with E-state index in [4.69, 9.17) is 0 Å². The highest BCUT2D eigenvalue weighted by Crippen LogP contribution is 2.95. The molecular formula is C63H54BN2S+. The Labute approximate surface area is 399 Å². The van der Waals surface area contributed by atoms with Crippen LogP contribution in [0.5, 0.6) is 0 Å². The van der Waals surface area contributed by atoms with Crippen LogP contribution in [0.3, 0.4) is 0 Å². The monoisotopic (exact) mass is 881 g/mol. The van der Waals surface area contributed by atoms with Crippen molar-refractivity contribution in [3.63, 3.8) is 0 Å². The van der Waals surface area contributed by atoms with Crippen molar-refractivity contribution in [2.75, 3.05) is 15.6 Å². The van der Waals surface area contributed by atoms with Gasteiger partial charge in [-0.1, -0.05) is 132 Å². The molecule has 8 aromatic rings. The fourth-order valence-electron chi connectivity index (χ4n) is 15.9. The molecule has 0 bridgehead atoms. The van der Waals surface area contributed by atoms with Crippen LogP contribution in [-0.2, 0) is 22.7 Å². The van der Waals surface area contributed by atoms with E-state index >= 15 is 0 Å². The van der Waals surface area contributed by atoms with E-state index < -0.39 is 0 Å². The van der Waals surface area contributed by atoms with Gasteiger partial charge in [0.2, 0.25) is 0 Å². The van der Waals surface area contributed by atoms with Crippen LogP contribution in [0.2, 0.25) is 0 Å². The second-order valence-electron chi connectivity index (χ2n) is 21.4. The van der Waals surface area contributed by atoms with Crippen molar-refractivity contribution in [2.24, 2.45) is 29.1 Å². The first-order valence-corrected chi connectivity index (χ1v) is 26.3. The highest BCUT2D eigenvalue weighted by atomic mass is 32.2. The molecule has 7 aliphatic rings. The molecule has 0 N–H and O–H groups in total. The lowest BCUT2D eigenvalue weighted by Gasteiger charge is -2.92. The standard InChI is InChI=1S/C63H54BN2S/c1-38-19-24-45(25-20-38)65-52-26-21-39(2)31-50(52)64-51-32-40(3)22-27-53(51)66(56-37-47(36-55(65)61(56)64)67(46-15-9-6-10-16-46)30-29-42-13-7-5-8-14-42)54-28-23-41(4)59-48-17-11-12-18-49(48)63(60(54)59)57-34-43-33-44-35-58(63)62(43,44)57/h5-28,31-32,36-37,43-44,57-58H,29-30,33-35H2,1-4H3/q+1. The van der Waals surface area contributed by atoms with Crippen molar-refractivity contribution in [3.8, 4) is 11.1 Å². The molecule has 4 heteroatoms. The van der Waals surface area contributed by atoms with Gasteiger partial charge in [0.1, 0.15) is 5.75 Å². The number of aryl methyl sites for hydroxylation is 5. The number of nitrogens with zero attached hydrogens (tertiary/aromatic N) is 2. The number of hydrogen-bond donors (Lipinski definition) is 0. The Morgan fingerprint density at radius 1 is 0.537 bits per heavy atom. The van der Waals surface area contributed by atoms with Crippen molar-refractivity contribution in [3.05, 3.63) is 209 Å². The molecule has 67 heavy (non-hydrogen) atoms. The SMILES string of the molecule is Cc1ccc(N2c3ccc(C)cc3B3c4cc(C)ccc4N(c4ccc(C)c5c4C4(c6ccccc6-5)C5CC6CC7CC4C675)c4cc([S+](CCc5ccccc5)c5ccccc5)cc2c43)cc1. The topological polar surface area (TPSA) is 6.48 Å². The van der Waals surface area contributed by atoms with E-state index in [9.17, 15) is 0 Å². The minimum absolute atomic E-state index is 0.0573. The average Bonchev–Trinajstić information content (AvgIpc) is 3.64. The van der Waals surface area contributed by atoms with E-state index in [-0.39, 0.29) is 23.0 Å². The van der Waals surface area contributed by atoms with Crippen LogP contribution in [0.4, 0.5) is 34.1 Å². The molecule has 2 nitrogen and oxygen atoms in total. The van der Waals surface area contributed by atoms with Crippen LogP contribution in [0.25, 0.3) is 11.1 Å². The zero-order chi connectivity index (χ0) is 44.5. The van der Waals surface area contributed by atoms with Gasteiger partial charge in [-0.25, -0.2) is 0 Å². The van der Waals surface area contributed by atoms with Gasteiger partial charge in [0.25, 0.3) is 6.71 Å². The van der Waals surface area contributed by atoms with E-state index in [1.165, 1.54) is 119 Å². The summed E-state index contributed by atoms with van der Waals surface area (Å²) in [5.74, 6) is 4.40. The van der Waals surface area contributed by atoms with Gasteiger partial charge < -0.3 is 9.80 Å². The molecule has 5 atom stereocenters. The molecule has 15 rings (SSSR count). The Bertz CT molecular complexity index is 3370. The van der Waals surface area contributed by atoms with Crippen LogP contribution in [0.15, 0.2) is 180 Å². The number of fused-ring (bicyclic) bond motifs is 11. The molecule has 4 fully saturated rings. The van der Waals surface area contributed by atoms with Crippen LogP contribution >= 0.6 is 0 Å². The van der Waals surface area contributed by atoms with E-state index in [2.05, 4.69) is 207 Å². The molecule has 0 saturated heterocycles. The molecule has 324 valence electrons. The highest BCUT2D eigenvalue weighted by molar-refractivity contribution is 7.97. The maximum atomic E-state index is 2.81. The Morgan fingerprint density at radius 2 is 1.13 bits per heavy atom. The van der Waals surface area contributed by atoms with Crippen LogP contribution in [0, 0.1) is 56.8 Å². The summed E-state index contributed by atoms with van der Waals surface area (Å²) >= 11 is 0. The van der Waals surface area contributed by atoms with Gasteiger partial charge in [-0.2, -0.15) is 0 Å². The molecule has 2 heterocycles. The molecular weight excluding hydrogens is 828 g/mol. The van der Waals surface area contributed by atoms with Gasteiger partial charge in [0.05, 0.1) is 16.6 Å². The van der Waals surface area contributed by atoms with Gasteiger partial charge in [-0.05, 0) is 168 Å². The molecule has 4 saturated carbocycles. The predicted molar refractivity (Wildman–Crippen MR) is 281 cm³/mol. The quantitative estimate of drug-likeness (QED) is 0.116. The van der Waals surface area contributed by atoms with E-state index in [1.54, 1.807) is 11.1 Å². The largest absolute Gasteiger partial charge is 0.311 e. The summed E-state index contributed by atoms with van der Waals surface area (Å²) in [5.41, 5.74) is 25.8. The number of rotatable bonds is 7. The molecule has 5 aliphatic carbocycles. The fraction of sp³-hybridized carbons (Fsp3) is 0.238.